The zero-order valence-corrected chi connectivity index (χ0v) is 32.3. The van der Waals surface area contributed by atoms with Crippen LogP contribution in [0.4, 0.5) is 14.6 Å². The number of ether oxygens (including phenoxy) is 1. The van der Waals surface area contributed by atoms with E-state index in [-0.39, 0.29) is 45.7 Å². The van der Waals surface area contributed by atoms with Crippen LogP contribution in [0.2, 0.25) is 0 Å². The molecule has 3 fully saturated rings. The lowest BCUT2D eigenvalue weighted by Gasteiger charge is -2.43. The molecule has 5 aromatic rings. The Labute approximate surface area is 324 Å². The van der Waals surface area contributed by atoms with Gasteiger partial charge in [0.2, 0.25) is 0 Å². The van der Waals surface area contributed by atoms with Crippen LogP contribution >= 0.6 is 0 Å². The summed E-state index contributed by atoms with van der Waals surface area (Å²) in [5, 5.41) is 12.0. The first-order chi connectivity index (χ1) is 27.2. The van der Waals surface area contributed by atoms with Crippen LogP contribution in [0.5, 0.6) is 11.8 Å². The average molecular weight is 767 g/mol. The van der Waals surface area contributed by atoms with E-state index in [9.17, 15) is 9.90 Å². The number of anilines is 1. The lowest BCUT2D eigenvalue weighted by Crippen LogP contribution is -2.53. The molecule has 1 unspecified atom stereocenters. The number of aromatic nitrogens is 3. The first-order valence-corrected chi connectivity index (χ1v) is 20.1. The number of phenols is 1. The van der Waals surface area contributed by atoms with Crippen LogP contribution in [0.1, 0.15) is 88.5 Å². The highest BCUT2D eigenvalue weighted by Crippen LogP contribution is 2.43. The first kappa shape index (κ1) is 37.8. The Hall–Kier alpha value is -5.06. The molecule has 56 heavy (non-hydrogen) atoms. The molecule has 3 saturated heterocycles. The molecule has 0 spiro atoms. The van der Waals surface area contributed by atoms with E-state index < -0.39 is 17.5 Å². The van der Waals surface area contributed by atoms with Crippen LogP contribution in [0, 0.1) is 24.0 Å². The van der Waals surface area contributed by atoms with Crippen molar-refractivity contribution in [1.82, 2.24) is 24.8 Å². The Kier molecular flexibility index (Phi) is 10.5. The highest BCUT2D eigenvalue weighted by Gasteiger charge is 2.45. The Bertz CT molecular complexity index is 2380. The van der Waals surface area contributed by atoms with Gasteiger partial charge in [0.1, 0.15) is 35.2 Å². The number of fused-ring (bicyclic) bond motifs is 4. The number of benzene rings is 2. The maximum absolute atomic E-state index is 17.4. The summed E-state index contributed by atoms with van der Waals surface area (Å²) in [6.45, 7) is 10.8. The van der Waals surface area contributed by atoms with Gasteiger partial charge in [-0.1, -0.05) is 32.8 Å². The third-order valence-electron chi connectivity index (χ3n) is 11.9. The minimum absolute atomic E-state index is 0.0174. The number of pyridine rings is 1. The Morgan fingerprint density at radius 1 is 1.02 bits per heavy atom. The monoisotopic (exact) mass is 766 g/mol. The van der Waals surface area contributed by atoms with Crippen molar-refractivity contribution in [2.45, 2.75) is 96.7 Å². The smallest absolute Gasteiger partial charge is 0.508 e. The number of hydrogen-bond donors (Lipinski definition) is 1. The van der Waals surface area contributed by atoms with Crippen LogP contribution in [0.15, 0.2) is 37.9 Å². The van der Waals surface area contributed by atoms with Crippen LogP contribution in [-0.2, 0) is 19.4 Å². The summed E-state index contributed by atoms with van der Waals surface area (Å²) < 4.78 is 49.7. The first-order valence-electron chi connectivity index (χ1n) is 20.1. The molecule has 0 saturated carbocycles. The quantitative estimate of drug-likeness (QED) is 0.160. The molecule has 3 aromatic heterocycles. The Balaban J connectivity index is 0.00000217. The summed E-state index contributed by atoms with van der Waals surface area (Å²) in [7, 11) is 0. The van der Waals surface area contributed by atoms with Gasteiger partial charge in [0.15, 0.2) is 17.3 Å². The highest BCUT2D eigenvalue weighted by molar-refractivity contribution is 6.03. The van der Waals surface area contributed by atoms with Crippen molar-refractivity contribution in [3.05, 3.63) is 69.3 Å². The van der Waals surface area contributed by atoms with E-state index in [1.807, 2.05) is 20.8 Å². The SMILES string of the molecule is C#Cc1c(F)ccc2cc(O)cc(-c3nc4c5c(nc(OCC67CCCN6CCC7)nc5c3F)N3CCN(Cc5oc(=O)oc5CCC)CC3CCC4)c12.CC. The normalized spacial score (nSPS) is 19.2. The van der Waals surface area contributed by atoms with E-state index >= 15 is 8.78 Å². The van der Waals surface area contributed by atoms with Gasteiger partial charge in [0.25, 0.3) is 0 Å². The lowest BCUT2D eigenvalue weighted by molar-refractivity contribution is 0.107. The number of terminal acetylenes is 1. The third kappa shape index (κ3) is 6.66. The zero-order chi connectivity index (χ0) is 39.1. The fourth-order valence-electron chi connectivity index (χ4n) is 9.42. The molecule has 4 aliphatic rings. The number of hydrogen-bond acceptors (Lipinski definition) is 11. The second-order valence-electron chi connectivity index (χ2n) is 15.2. The molecule has 0 aliphatic carbocycles. The molecular weight excluding hydrogens is 719 g/mol. The summed E-state index contributed by atoms with van der Waals surface area (Å²) in [4.78, 5) is 33.7. The molecule has 294 valence electrons. The molecule has 13 heteroatoms. The van der Waals surface area contributed by atoms with Gasteiger partial charge in [-0.15, -0.1) is 6.42 Å². The number of aromatic hydroxyl groups is 1. The van der Waals surface area contributed by atoms with Crippen molar-refractivity contribution in [2.75, 3.05) is 44.2 Å². The van der Waals surface area contributed by atoms with Crippen molar-refractivity contribution >= 4 is 27.5 Å². The Morgan fingerprint density at radius 2 is 1.80 bits per heavy atom. The maximum atomic E-state index is 17.4. The Morgan fingerprint density at radius 3 is 2.57 bits per heavy atom. The van der Waals surface area contributed by atoms with E-state index in [4.69, 9.17) is 34.9 Å². The van der Waals surface area contributed by atoms with E-state index in [0.717, 1.165) is 58.0 Å². The van der Waals surface area contributed by atoms with Crippen molar-refractivity contribution in [3.8, 4) is 35.4 Å². The van der Waals surface area contributed by atoms with Crippen LogP contribution in [-0.4, -0.2) is 80.8 Å². The van der Waals surface area contributed by atoms with Gasteiger partial charge in [0, 0.05) is 43.0 Å². The summed E-state index contributed by atoms with van der Waals surface area (Å²) in [6, 6.07) is 5.72. The molecular formula is C43H48F2N6O5. The zero-order valence-electron chi connectivity index (χ0n) is 32.3. The molecule has 0 bridgehead atoms. The van der Waals surface area contributed by atoms with Crippen molar-refractivity contribution in [3.63, 3.8) is 0 Å². The molecule has 2 aromatic carbocycles. The molecule has 7 heterocycles. The van der Waals surface area contributed by atoms with Gasteiger partial charge < -0.3 is 23.6 Å². The summed E-state index contributed by atoms with van der Waals surface area (Å²) in [6.07, 6.45) is 13.5. The molecule has 1 atom stereocenters. The number of piperazine rings is 1. The van der Waals surface area contributed by atoms with Crippen LogP contribution in [0.3, 0.4) is 0 Å². The van der Waals surface area contributed by atoms with E-state index in [0.29, 0.717) is 84.8 Å². The number of aryl methyl sites for hydroxylation is 2. The van der Waals surface area contributed by atoms with Gasteiger partial charge in [-0.2, -0.15) is 9.97 Å². The van der Waals surface area contributed by atoms with Gasteiger partial charge in [-0.3, -0.25) is 9.80 Å². The third-order valence-corrected chi connectivity index (χ3v) is 11.9. The van der Waals surface area contributed by atoms with Crippen LogP contribution in [0.25, 0.3) is 32.9 Å². The van der Waals surface area contributed by atoms with E-state index in [2.05, 4.69) is 20.6 Å². The largest absolute Gasteiger partial charge is 0.519 e. The second kappa shape index (κ2) is 15.5. The molecule has 9 rings (SSSR count). The van der Waals surface area contributed by atoms with Crippen molar-refractivity contribution < 1.29 is 27.5 Å². The average Bonchev–Trinajstić information content (AvgIpc) is 3.88. The highest BCUT2D eigenvalue weighted by atomic mass is 19.1. The summed E-state index contributed by atoms with van der Waals surface area (Å²) >= 11 is 0. The molecule has 11 nitrogen and oxygen atoms in total. The number of nitrogens with zero attached hydrogens (tertiary/aromatic N) is 6. The molecule has 4 aliphatic heterocycles. The minimum atomic E-state index is -0.725. The van der Waals surface area contributed by atoms with Crippen molar-refractivity contribution in [2.24, 2.45) is 0 Å². The number of rotatable bonds is 8. The summed E-state index contributed by atoms with van der Waals surface area (Å²) in [5.74, 6) is 1.99. The topological polar surface area (TPSA) is 121 Å². The number of phenolic OH excluding ortho intramolecular Hbond substituents is 1. The van der Waals surface area contributed by atoms with Gasteiger partial charge in [-0.25, -0.2) is 18.6 Å². The van der Waals surface area contributed by atoms with Gasteiger partial charge in [0.05, 0.1) is 28.7 Å². The molecule has 0 radical (unpaired) electrons. The van der Waals surface area contributed by atoms with Gasteiger partial charge >= 0.3 is 11.8 Å². The van der Waals surface area contributed by atoms with E-state index in [1.165, 1.54) is 24.3 Å². The molecule has 0 amide bonds. The lowest BCUT2D eigenvalue weighted by atomic mass is 9.94. The fraction of sp³-hybridized carbons (Fsp3) is 0.488. The van der Waals surface area contributed by atoms with Crippen molar-refractivity contribution in [1.29, 1.82) is 0 Å². The predicted octanol–water partition coefficient (Wildman–Crippen LogP) is 7.37. The minimum Gasteiger partial charge on any atom is -0.508 e. The standard InChI is InChI=1S/C41H42F2N6O5.C2H6/c1-3-8-31-32(54-40(51)53-31)22-47-17-18-49-25(21-47)9-5-10-30-34-37(45-39(46-38(34)49)52-23-41-13-6-15-48(41)16-7-14-41)35(43)36(44-30)28-20-26(50)19-24-11-12-29(42)27(4-2)33(24)28;1-2/h2,11-12,19-20,25,50H,3,5-10,13-18,21-23H2,1H3;1-2H3. The van der Waals surface area contributed by atoms with Crippen LogP contribution < -0.4 is 15.5 Å². The maximum Gasteiger partial charge on any atom is 0.519 e. The summed E-state index contributed by atoms with van der Waals surface area (Å²) in [5.41, 5.74) is 0.667. The predicted molar refractivity (Wildman–Crippen MR) is 210 cm³/mol. The second-order valence-corrected chi connectivity index (χ2v) is 15.2. The molecule has 1 N–H and O–H groups in total. The van der Waals surface area contributed by atoms with E-state index in [1.54, 1.807) is 0 Å². The van der Waals surface area contributed by atoms with Gasteiger partial charge in [-0.05, 0) is 88.0 Å². The number of halogens is 2. The fourth-order valence-corrected chi connectivity index (χ4v) is 9.42.